The standard InChI is InChI=1S/C25H21F3N6O3/c1-33-11-15(10-30-33)12-4-14(9-29)21-18(5-12)32-34(2)23(21)13-6-19(36-3)22(20(7-13)37-25(27)28)24(35)31-17-8-16(17)26/h4-7,10-11,16-17,25H,8H2,1-3H3,(H,31,35)/t16-,17+/m0/s1. The molecule has 190 valence electrons. The average Bonchev–Trinajstić information content (AvgIpc) is 3.21. The lowest BCUT2D eigenvalue weighted by Gasteiger charge is -2.17. The molecule has 4 aromatic rings. The number of hydrogen-bond acceptors (Lipinski definition) is 6. The summed E-state index contributed by atoms with van der Waals surface area (Å²) in [7, 11) is 4.71. The number of halogens is 3. The van der Waals surface area contributed by atoms with Crippen molar-refractivity contribution < 1.29 is 27.4 Å². The minimum absolute atomic E-state index is 0.0541. The molecule has 2 atom stereocenters. The number of rotatable bonds is 7. The van der Waals surface area contributed by atoms with Gasteiger partial charge in [-0.05, 0) is 29.8 Å². The van der Waals surface area contributed by atoms with Gasteiger partial charge in [0.1, 0.15) is 23.2 Å². The van der Waals surface area contributed by atoms with Crippen molar-refractivity contribution in [1.29, 1.82) is 5.26 Å². The first-order valence-corrected chi connectivity index (χ1v) is 11.2. The Hall–Kier alpha value is -4.53. The van der Waals surface area contributed by atoms with Crippen LogP contribution in [0.1, 0.15) is 22.3 Å². The summed E-state index contributed by atoms with van der Waals surface area (Å²) in [4.78, 5) is 12.8. The zero-order valence-corrected chi connectivity index (χ0v) is 20.0. The number of benzene rings is 2. The molecule has 2 aromatic heterocycles. The van der Waals surface area contributed by atoms with Gasteiger partial charge in [0, 0.05) is 43.2 Å². The van der Waals surface area contributed by atoms with Gasteiger partial charge in [-0.1, -0.05) is 0 Å². The highest BCUT2D eigenvalue weighted by molar-refractivity contribution is 6.03. The largest absolute Gasteiger partial charge is 0.496 e. The zero-order chi connectivity index (χ0) is 26.4. The number of nitriles is 1. The third-order valence-electron chi connectivity index (χ3n) is 6.13. The monoisotopic (exact) mass is 510 g/mol. The molecule has 9 nitrogen and oxygen atoms in total. The lowest BCUT2D eigenvalue weighted by atomic mass is 9.97. The third-order valence-corrected chi connectivity index (χ3v) is 6.13. The van der Waals surface area contributed by atoms with Crippen LogP contribution in [0.15, 0.2) is 36.7 Å². The van der Waals surface area contributed by atoms with Gasteiger partial charge in [0.25, 0.3) is 5.91 Å². The molecule has 1 aliphatic carbocycles. The van der Waals surface area contributed by atoms with E-state index in [0.717, 1.165) is 11.1 Å². The molecule has 0 radical (unpaired) electrons. The molecule has 0 spiro atoms. The SMILES string of the molecule is COc1cc(-c2c3c(C#N)cc(-c4cnn(C)c4)cc3nn2C)cc(OC(F)F)c1C(=O)N[C@@H]1C[C@@H]1F. The van der Waals surface area contributed by atoms with Gasteiger partial charge in [0.15, 0.2) is 0 Å². The second-order valence-corrected chi connectivity index (χ2v) is 8.67. The van der Waals surface area contributed by atoms with Gasteiger partial charge < -0.3 is 14.8 Å². The van der Waals surface area contributed by atoms with Crippen molar-refractivity contribution in [3.63, 3.8) is 0 Å². The van der Waals surface area contributed by atoms with Crippen molar-refractivity contribution in [2.24, 2.45) is 14.1 Å². The maximum absolute atomic E-state index is 13.4. The van der Waals surface area contributed by atoms with Crippen molar-refractivity contribution in [2.45, 2.75) is 25.2 Å². The number of alkyl halides is 3. The lowest BCUT2D eigenvalue weighted by Crippen LogP contribution is -2.28. The molecule has 1 saturated carbocycles. The van der Waals surface area contributed by atoms with E-state index in [-0.39, 0.29) is 17.7 Å². The van der Waals surface area contributed by atoms with E-state index in [9.17, 15) is 23.2 Å². The van der Waals surface area contributed by atoms with Crippen molar-refractivity contribution in [3.8, 4) is 40.0 Å². The van der Waals surface area contributed by atoms with E-state index in [4.69, 9.17) is 9.47 Å². The van der Waals surface area contributed by atoms with Gasteiger partial charge in [-0.15, -0.1) is 0 Å². The van der Waals surface area contributed by atoms with Crippen LogP contribution in [0.5, 0.6) is 11.5 Å². The van der Waals surface area contributed by atoms with E-state index in [0.29, 0.717) is 27.7 Å². The van der Waals surface area contributed by atoms with Crippen LogP contribution in [0.2, 0.25) is 0 Å². The van der Waals surface area contributed by atoms with E-state index in [2.05, 4.69) is 21.6 Å². The number of ether oxygens (including phenoxy) is 2. The number of carbonyl (C=O) groups excluding carboxylic acids is 1. The summed E-state index contributed by atoms with van der Waals surface area (Å²) in [5.41, 5.74) is 2.81. The minimum atomic E-state index is -3.23. The van der Waals surface area contributed by atoms with E-state index < -0.39 is 30.5 Å². The predicted octanol–water partition coefficient (Wildman–Crippen LogP) is 3.96. The Kier molecular flexibility index (Phi) is 5.99. The fourth-order valence-corrected chi connectivity index (χ4v) is 4.34. The first kappa shape index (κ1) is 24.2. The average molecular weight is 510 g/mol. The summed E-state index contributed by atoms with van der Waals surface area (Å²) in [5, 5.41) is 21.6. The number of methoxy groups -OCH3 is 1. The molecule has 5 rings (SSSR count). The topological polar surface area (TPSA) is 107 Å². The smallest absolute Gasteiger partial charge is 0.387 e. The minimum Gasteiger partial charge on any atom is -0.496 e. The Morgan fingerprint density at radius 3 is 2.51 bits per heavy atom. The van der Waals surface area contributed by atoms with Crippen LogP contribution in [0.25, 0.3) is 33.3 Å². The normalized spacial score (nSPS) is 16.6. The van der Waals surface area contributed by atoms with Gasteiger partial charge in [-0.3, -0.25) is 14.2 Å². The Bertz CT molecular complexity index is 1570. The number of fused-ring (bicyclic) bond motifs is 1. The quantitative estimate of drug-likeness (QED) is 0.403. The molecule has 12 heteroatoms. The number of aromatic nitrogens is 4. The van der Waals surface area contributed by atoms with Crippen LogP contribution in [-0.4, -0.2) is 51.4 Å². The Labute approximate surface area is 209 Å². The molecule has 0 unspecified atom stereocenters. The molecule has 1 fully saturated rings. The third kappa shape index (κ3) is 4.44. The van der Waals surface area contributed by atoms with Crippen molar-refractivity contribution >= 4 is 16.8 Å². The number of aryl methyl sites for hydroxylation is 2. The van der Waals surface area contributed by atoms with Gasteiger partial charge in [0.05, 0.1) is 42.2 Å². The predicted molar refractivity (Wildman–Crippen MR) is 127 cm³/mol. The van der Waals surface area contributed by atoms with Gasteiger partial charge in [-0.2, -0.15) is 24.2 Å². The van der Waals surface area contributed by atoms with Crippen LogP contribution in [-0.2, 0) is 14.1 Å². The fourth-order valence-electron chi connectivity index (χ4n) is 4.34. The summed E-state index contributed by atoms with van der Waals surface area (Å²) >= 11 is 0. The van der Waals surface area contributed by atoms with Gasteiger partial charge in [-0.25, -0.2) is 4.39 Å². The molecular weight excluding hydrogens is 489 g/mol. The van der Waals surface area contributed by atoms with E-state index >= 15 is 0 Å². The van der Waals surface area contributed by atoms with E-state index in [1.165, 1.54) is 23.9 Å². The molecule has 1 aliphatic rings. The lowest BCUT2D eigenvalue weighted by molar-refractivity contribution is -0.0502. The molecule has 0 bridgehead atoms. The number of amides is 1. The summed E-state index contributed by atoms with van der Waals surface area (Å²) < 4.78 is 53.3. The second-order valence-electron chi connectivity index (χ2n) is 8.67. The van der Waals surface area contributed by atoms with Gasteiger partial charge >= 0.3 is 6.61 Å². The number of hydrogen-bond donors (Lipinski definition) is 1. The maximum Gasteiger partial charge on any atom is 0.387 e. The molecule has 2 heterocycles. The zero-order valence-electron chi connectivity index (χ0n) is 20.0. The molecule has 0 aliphatic heterocycles. The second kappa shape index (κ2) is 9.16. The Morgan fingerprint density at radius 2 is 1.92 bits per heavy atom. The van der Waals surface area contributed by atoms with E-state index in [1.54, 1.807) is 37.1 Å². The summed E-state index contributed by atoms with van der Waals surface area (Å²) in [6, 6.07) is 7.73. The molecule has 0 saturated heterocycles. The highest BCUT2D eigenvalue weighted by atomic mass is 19.3. The number of nitrogens with one attached hydrogen (secondary N) is 1. The van der Waals surface area contributed by atoms with Crippen molar-refractivity contribution in [1.82, 2.24) is 24.9 Å². The van der Waals surface area contributed by atoms with Crippen molar-refractivity contribution in [3.05, 3.63) is 47.8 Å². The molecular formula is C25H21F3N6O3. The molecule has 37 heavy (non-hydrogen) atoms. The van der Waals surface area contributed by atoms with Crippen molar-refractivity contribution in [2.75, 3.05) is 7.11 Å². The molecule has 2 aromatic carbocycles. The number of carbonyl (C=O) groups is 1. The fraction of sp³-hybridized carbons (Fsp3) is 0.280. The highest BCUT2D eigenvalue weighted by Gasteiger charge is 2.40. The number of nitrogens with zero attached hydrogens (tertiary/aromatic N) is 5. The summed E-state index contributed by atoms with van der Waals surface area (Å²) in [6.45, 7) is -3.23. The molecule has 1 amide bonds. The molecule has 1 N–H and O–H groups in total. The summed E-state index contributed by atoms with van der Waals surface area (Å²) in [6.07, 6.45) is 2.44. The van der Waals surface area contributed by atoms with Crippen LogP contribution < -0.4 is 14.8 Å². The maximum atomic E-state index is 13.4. The van der Waals surface area contributed by atoms with E-state index in [1.807, 2.05) is 6.20 Å². The Morgan fingerprint density at radius 1 is 1.19 bits per heavy atom. The van der Waals surface area contributed by atoms with Crippen LogP contribution in [0, 0.1) is 11.3 Å². The first-order chi connectivity index (χ1) is 17.7. The Balaban J connectivity index is 1.68. The highest BCUT2D eigenvalue weighted by Crippen LogP contribution is 2.40. The summed E-state index contributed by atoms with van der Waals surface area (Å²) in [5.74, 6) is -1.29. The van der Waals surface area contributed by atoms with Crippen LogP contribution in [0.3, 0.4) is 0 Å². The van der Waals surface area contributed by atoms with Gasteiger partial charge in [0.2, 0.25) is 0 Å². The van der Waals surface area contributed by atoms with Crippen LogP contribution in [0.4, 0.5) is 13.2 Å². The first-order valence-electron chi connectivity index (χ1n) is 11.2. The van der Waals surface area contributed by atoms with Crippen LogP contribution >= 0.6 is 0 Å².